The van der Waals surface area contributed by atoms with E-state index in [1.165, 1.54) is 11.3 Å². The van der Waals surface area contributed by atoms with Gasteiger partial charge in [0.1, 0.15) is 0 Å². The molecule has 0 N–H and O–H groups in total. The number of rotatable bonds is 3. The quantitative estimate of drug-likeness (QED) is 0.756. The molecule has 0 saturated heterocycles. The van der Waals surface area contributed by atoms with E-state index in [1.54, 1.807) is 0 Å². The predicted octanol–water partition coefficient (Wildman–Crippen LogP) is 4.55. The number of aryl methyl sites for hydroxylation is 1. The van der Waals surface area contributed by atoms with E-state index in [0.29, 0.717) is 5.88 Å². The third kappa shape index (κ3) is 2.34. The summed E-state index contributed by atoms with van der Waals surface area (Å²) in [4.78, 5) is 0. The van der Waals surface area contributed by atoms with Crippen LogP contribution in [-0.2, 0) is 12.3 Å². The zero-order valence-electron chi connectivity index (χ0n) is 10.8. The zero-order chi connectivity index (χ0) is 13.3. The lowest BCUT2D eigenvalue weighted by molar-refractivity contribution is 0.828. The lowest BCUT2D eigenvalue weighted by atomic mass is 10.1. The number of alkyl halides is 1. The van der Waals surface area contributed by atoms with Crippen LogP contribution in [0, 0.1) is 13.8 Å². The first-order chi connectivity index (χ1) is 8.58. The van der Waals surface area contributed by atoms with Crippen LogP contribution in [-0.4, -0.2) is 9.78 Å². The number of benzene rings is 1. The van der Waals surface area contributed by atoms with Crippen LogP contribution < -0.4 is 0 Å². The van der Waals surface area contributed by atoms with Crippen molar-refractivity contribution in [3.8, 4) is 5.69 Å². The standard InChI is InChI=1S/C14H16BrClN2/c1-4-12-9(2)17-18(10(12)3)14-6-5-11(8-16)7-13(14)15/h5-7H,4,8H2,1-3H3. The van der Waals surface area contributed by atoms with Gasteiger partial charge in [0.15, 0.2) is 0 Å². The molecule has 4 heteroatoms. The number of aromatic nitrogens is 2. The monoisotopic (exact) mass is 326 g/mol. The van der Waals surface area contributed by atoms with Crippen LogP contribution in [0.2, 0.25) is 0 Å². The van der Waals surface area contributed by atoms with Crippen molar-refractivity contribution in [2.75, 3.05) is 0 Å². The average molecular weight is 328 g/mol. The highest BCUT2D eigenvalue weighted by Gasteiger charge is 2.13. The average Bonchev–Trinajstić information content (AvgIpc) is 2.64. The molecule has 1 aromatic carbocycles. The molecule has 0 spiro atoms. The van der Waals surface area contributed by atoms with Crippen molar-refractivity contribution in [2.24, 2.45) is 0 Å². The van der Waals surface area contributed by atoms with E-state index in [1.807, 2.05) is 16.8 Å². The van der Waals surface area contributed by atoms with Crippen LogP contribution in [0.25, 0.3) is 5.69 Å². The summed E-state index contributed by atoms with van der Waals surface area (Å²) in [7, 11) is 0. The SMILES string of the molecule is CCc1c(C)nn(-c2ccc(CCl)cc2Br)c1C. The Balaban J connectivity index is 2.55. The number of hydrogen-bond donors (Lipinski definition) is 0. The van der Waals surface area contributed by atoms with Crippen LogP contribution in [0.4, 0.5) is 0 Å². The van der Waals surface area contributed by atoms with Crippen LogP contribution >= 0.6 is 27.5 Å². The molecule has 0 atom stereocenters. The predicted molar refractivity (Wildman–Crippen MR) is 79.7 cm³/mol. The minimum atomic E-state index is 0.524. The highest BCUT2D eigenvalue weighted by Crippen LogP contribution is 2.26. The molecular formula is C14H16BrClN2. The summed E-state index contributed by atoms with van der Waals surface area (Å²) in [6.07, 6.45) is 1.01. The van der Waals surface area contributed by atoms with Crippen molar-refractivity contribution in [1.29, 1.82) is 0 Å². The largest absolute Gasteiger partial charge is 0.236 e. The third-order valence-electron chi connectivity index (χ3n) is 3.19. The lowest BCUT2D eigenvalue weighted by Gasteiger charge is -2.08. The Morgan fingerprint density at radius 3 is 2.56 bits per heavy atom. The molecule has 0 aliphatic carbocycles. The molecule has 96 valence electrons. The van der Waals surface area contributed by atoms with Gasteiger partial charge >= 0.3 is 0 Å². The first-order valence-electron chi connectivity index (χ1n) is 5.98. The normalized spacial score (nSPS) is 10.9. The van der Waals surface area contributed by atoms with Crippen molar-refractivity contribution in [3.63, 3.8) is 0 Å². The highest BCUT2D eigenvalue weighted by atomic mass is 79.9. The summed E-state index contributed by atoms with van der Waals surface area (Å²) in [6, 6.07) is 6.14. The maximum atomic E-state index is 5.84. The van der Waals surface area contributed by atoms with E-state index < -0.39 is 0 Å². The number of hydrogen-bond acceptors (Lipinski definition) is 1. The van der Waals surface area contributed by atoms with Crippen molar-refractivity contribution >= 4 is 27.5 Å². The van der Waals surface area contributed by atoms with Gasteiger partial charge in [0.25, 0.3) is 0 Å². The zero-order valence-corrected chi connectivity index (χ0v) is 13.1. The Hall–Kier alpha value is -0.800. The molecule has 0 radical (unpaired) electrons. The highest BCUT2D eigenvalue weighted by molar-refractivity contribution is 9.10. The first-order valence-corrected chi connectivity index (χ1v) is 7.31. The van der Waals surface area contributed by atoms with E-state index in [0.717, 1.165) is 27.8 Å². The van der Waals surface area contributed by atoms with Gasteiger partial charge in [-0.05, 0) is 59.5 Å². The fraction of sp³-hybridized carbons (Fsp3) is 0.357. The molecule has 0 amide bonds. The van der Waals surface area contributed by atoms with Gasteiger partial charge in [-0.15, -0.1) is 11.6 Å². The molecule has 0 aliphatic rings. The Labute approximate surface area is 121 Å². The lowest BCUT2D eigenvalue weighted by Crippen LogP contribution is -2.01. The second kappa shape index (κ2) is 5.45. The third-order valence-corrected chi connectivity index (χ3v) is 4.13. The molecule has 0 saturated carbocycles. The van der Waals surface area contributed by atoms with E-state index in [9.17, 15) is 0 Å². The fourth-order valence-corrected chi connectivity index (χ4v) is 2.99. The Kier molecular flexibility index (Phi) is 4.13. The molecule has 2 aromatic rings. The molecule has 1 aromatic heterocycles. The van der Waals surface area contributed by atoms with E-state index in [4.69, 9.17) is 11.6 Å². The minimum Gasteiger partial charge on any atom is -0.236 e. The number of nitrogens with zero attached hydrogens (tertiary/aromatic N) is 2. The van der Waals surface area contributed by atoms with Gasteiger partial charge in [0.05, 0.1) is 11.4 Å². The van der Waals surface area contributed by atoms with Crippen molar-refractivity contribution in [2.45, 2.75) is 33.1 Å². The topological polar surface area (TPSA) is 17.8 Å². The maximum absolute atomic E-state index is 5.84. The summed E-state index contributed by atoms with van der Waals surface area (Å²) in [5, 5.41) is 4.62. The molecule has 0 aliphatic heterocycles. The van der Waals surface area contributed by atoms with Crippen molar-refractivity contribution in [1.82, 2.24) is 9.78 Å². The van der Waals surface area contributed by atoms with E-state index in [-0.39, 0.29) is 0 Å². The Morgan fingerprint density at radius 1 is 1.33 bits per heavy atom. The Morgan fingerprint density at radius 2 is 2.06 bits per heavy atom. The van der Waals surface area contributed by atoms with Gasteiger partial charge in [-0.1, -0.05) is 13.0 Å². The smallest absolute Gasteiger partial charge is 0.0791 e. The fourth-order valence-electron chi connectivity index (χ4n) is 2.23. The van der Waals surface area contributed by atoms with Crippen molar-refractivity contribution < 1.29 is 0 Å². The second-order valence-electron chi connectivity index (χ2n) is 4.33. The van der Waals surface area contributed by atoms with Crippen LogP contribution in [0.5, 0.6) is 0 Å². The van der Waals surface area contributed by atoms with Gasteiger partial charge in [0.2, 0.25) is 0 Å². The van der Waals surface area contributed by atoms with Crippen LogP contribution in [0.3, 0.4) is 0 Å². The summed E-state index contributed by atoms with van der Waals surface area (Å²) in [5.74, 6) is 0.524. The summed E-state index contributed by atoms with van der Waals surface area (Å²) in [5.41, 5.74) is 5.79. The minimum absolute atomic E-state index is 0.524. The molecule has 2 rings (SSSR count). The van der Waals surface area contributed by atoms with E-state index >= 15 is 0 Å². The van der Waals surface area contributed by atoms with Gasteiger partial charge in [-0.2, -0.15) is 5.10 Å². The van der Waals surface area contributed by atoms with Gasteiger partial charge in [-0.3, -0.25) is 0 Å². The summed E-state index contributed by atoms with van der Waals surface area (Å²) in [6.45, 7) is 6.33. The molecule has 2 nitrogen and oxygen atoms in total. The second-order valence-corrected chi connectivity index (χ2v) is 5.46. The molecule has 18 heavy (non-hydrogen) atoms. The first kappa shape index (κ1) is 13.6. The molecule has 0 unspecified atom stereocenters. The van der Waals surface area contributed by atoms with Crippen LogP contribution in [0.1, 0.15) is 29.4 Å². The van der Waals surface area contributed by atoms with Crippen LogP contribution in [0.15, 0.2) is 22.7 Å². The van der Waals surface area contributed by atoms with Gasteiger partial charge in [0, 0.05) is 16.0 Å². The van der Waals surface area contributed by atoms with Crippen molar-refractivity contribution in [3.05, 3.63) is 45.2 Å². The van der Waals surface area contributed by atoms with Gasteiger partial charge < -0.3 is 0 Å². The van der Waals surface area contributed by atoms with Gasteiger partial charge in [-0.25, -0.2) is 4.68 Å². The molecular weight excluding hydrogens is 312 g/mol. The number of halogens is 2. The molecule has 1 heterocycles. The Bertz CT molecular complexity index is 575. The molecule has 0 fully saturated rings. The molecule has 0 bridgehead atoms. The van der Waals surface area contributed by atoms with E-state index in [2.05, 4.69) is 47.9 Å². The summed E-state index contributed by atoms with van der Waals surface area (Å²) < 4.78 is 3.02. The maximum Gasteiger partial charge on any atom is 0.0791 e. The summed E-state index contributed by atoms with van der Waals surface area (Å²) >= 11 is 9.43.